The van der Waals surface area contributed by atoms with Crippen LogP contribution in [0, 0.1) is 5.92 Å². The summed E-state index contributed by atoms with van der Waals surface area (Å²) in [5.41, 5.74) is 0.347. The van der Waals surface area contributed by atoms with Crippen LogP contribution in [0.2, 0.25) is 0 Å². The van der Waals surface area contributed by atoms with Gasteiger partial charge in [-0.25, -0.2) is 14.4 Å². The number of carbonyl (C=O) groups excluding carboxylic acids is 4. The Balaban J connectivity index is 2.38. The van der Waals surface area contributed by atoms with E-state index in [4.69, 9.17) is 14.2 Å². The van der Waals surface area contributed by atoms with E-state index in [9.17, 15) is 29.4 Å². The Bertz CT molecular complexity index is 713. The molecule has 0 aliphatic rings. The van der Waals surface area contributed by atoms with Gasteiger partial charge in [0.15, 0.2) is 0 Å². The lowest BCUT2D eigenvalue weighted by atomic mass is 10.1. The van der Waals surface area contributed by atoms with E-state index in [0.29, 0.717) is 12.7 Å². The highest BCUT2D eigenvalue weighted by Crippen LogP contribution is 2.10. The molecule has 172 valence electrons. The molecule has 2 atom stereocenters. The third-order valence-electron chi connectivity index (χ3n) is 3.76. The fourth-order valence-electron chi connectivity index (χ4n) is 2.33. The van der Waals surface area contributed by atoms with Crippen molar-refractivity contribution < 1.29 is 48.3 Å². The Hall–Kier alpha value is -2.82. The SMILES string of the molecule is CC(C)CC(O)COC(=O)c1ccc(C(=O)OCC(O)COC(=O)COCC=O)cc1. The van der Waals surface area contributed by atoms with Gasteiger partial charge in [-0.1, -0.05) is 13.8 Å². The zero-order valence-electron chi connectivity index (χ0n) is 17.5. The summed E-state index contributed by atoms with van der Waals surface area (Å²) in [5.74, 6) is -1.87. The molecule has 0 fully saturated rings. The molecule has 31 heavy (non-hydrogen) atoms. The molecule has 0 spiro atoms. The van der Waals surface area contributed by atoms with E-state index in [-0.39, 0.29) is 30.3 Å². The van der Waals surface area contributed by atoms with Crippen molar-refractivity contribution >= 4 is 24.2 Å². The summed E-state index contributed by atoms with van der Waals surface area (Å²) in [4.78, 5) is 45.3. The third-order valence-corrected chi connectivity index (χ3v) is 3.76. The molecular weight excluding hydrogens is 412 g/mol. The Kier molecular flexibility index (Phi) is 12.0. The van der Waals surface area contributed by atoms with E-state index in [0.717, 1.165) is 0 Å². The minimum atomic E-state index is -1.24. The molecule has 10 nitrogen and oxygen atoms in total. The molecule has 0 saturated carbocycles. The zero-order chi connectivity index (χ0) is 23.2. The first-order valence-electron chi connectivity index (χ1n) is 9.70. The summed E-state index contributed by atoms with van der Waals surface area (Å²) in [6.45, 7) is 2.26. The molecule has 10 heteroatoms. The van der Waals surface area contributed by atoms with Gasteiger partial charge in [0.2, 0.25) is 0 Å². The average Bonchev–Trinajstić information content (AvgIpc) is 2.74. The molecule has 1 aromatic rings. The Labute approximate surface area is 180 Å². The highest BCUT2D eigenvalue weighted by atomic mass is 16.6. The molecule has 1 rings (SSSR count). The predicted octanol–water partition coefficient (Wildman–Crippen LogP) is 0.527. The van der Waals surface area contributed by atoms with Crippen LogP contribution in [0.25, 0.3) is 0 Å². The van der Waals surface area contributed by atoms with Gasteiger partial charge in [0, 0.05) is 0 Å². The molecule has 0 aromatic heterocycles. The smallest absolute Gasteiger partial charge is 0.338 e. The van der Waals surface area contributed by atoms with Gasteiger partial charge in [0.1, 0.15) is 45.4 Å². The second-order valence-corrected chi connectivity index (χ2v) is 7.08. The van der Waals surface area contributed by atoms with Crippen LogP contribution < -0.4 is 0 Å². The first kappa shape index (κ1) is 26.2. The highest BCUT2D eigenvalue weighted by molar-refractivity contribution is 5.93. The third kappa shape index (κ3) is 11.2. The van der Waals surface area contributed by atoms with Crippen LogP contribution in [0.1, 0.15) is 41.0 Å². The maximum Gasteiger partial charge on any atom is 0.338 e. The van der Waals surface area contributed by atoms with Crippen molar-refractivity contribution in [2.45, 2.75) is 32.5 Å². The zero-order valence-corrected chi connectivity index (χ0v) is 17.5. The molecule has 0 heterocycles. The number of hydrogen-bond donors (Lipinski definition) is 2. The van der Waals surface area contributed by atoms with Gasteiger partial charge in [0.05, 0.1) is 17.2 Å². The average molecular weight is 440 g/mol. The normalized spacial score (nSPS) is 12.7. The number of esters is 3. The van der Waals surface area contributed by atoms with E-state index in [2.05, 4.69) is 4.74 Å². The highest BCUT2D eigenvalue weighted by Gasteiger charge is 2.16. The van der Waals surface area contributed by atoms with Crippen molar-refractivity contribution in [1.29, 1.82) is 0 Å². The second-order valence-electron chi connectivity index (χ2n) is 7.08. The van der Waals surface area contributed by atoms with Gasteiger partial charge >= 0.3 is 17.9 Å². The monoisotopic (exact) mass is 440 g/mol. The fourth-order valence-corrected chi connectivity index (χ4v) is 2.33. The van der Waals surface area contributed by atoms with Crippen molar-refractivity contribution in [1.82, 2.24) is 0 Å². The van der Waals surface area contributed by atoms with Crippen molar-refractivity contribution in [3.8, 4) is 0 Å². The maximum atomic E-state index is 12.0. The van der Waals surface area contributed by atoms with Crippen LogP contribution in [-0.2, 0) is 28.5 Å². The Morgan fingerprint density at radius 3 is 1.84 bits per heavy atom. The quantitative estimate of drug-likeness (QED) is 0.182. The molecule has 0 bridgehead atoms. The largest absolute Gasteiger partial charge is 0.461 e. The lowest BCUT2D eigenvalue weighted by Crippen LogP contribution is -2.26. The predicted molar refractivity (Wildman–Crippen MR) is 106 cm³/mol. The van der Waals surface area contributed by atoms with Crippen molar-refractivity contribution in [2.24, 2.45) is 5.92 Å². The number of rotatable bonds is 14. The molecule has 2 N–H and O–H groups in total. The summed E-state index contributed by atoms with van der Waals surface area (Å²) in [7, 11) is 0. The number of hydrogen-bond acceptors (Lipinski definition) is 10. The minimum Gasteiger partial charge on any atom is -0.461 e. The van der Waals surface area contributed by atoms with E-state index >= 15 is 0 Å². The summed E-state index contributed by atoms with van der Waals surface area (Å²) in [6, 6.07) is 5.48. The molecular formula is C21H28O10. The standard InChI is InChI=1S/C21H28O10/c1-14(2)9-17(23)10-30-20(26)15-3-5-16(6-4-15)21(27)31-12-18(24)11-29-19(25)13-28-8-7-22/h3-7,14,17-18,23-24H,8-13H2,1-2H3. The number of aliphatic hydroxyl groups excluding tert-OH is 2. The number of aliphatic hydroxyl groups is 2. The summed E-state index contributed by atoms with van der Waals surface area (Å²) in [5, 5.41) is 19.5. The van der Waals surface area contributed by atoms with Crippen LogP contribution >= 0.6 is 0 Å². The first-order chi connectivity index (χ1) is 14.7. The van der Waals surface area contributed by atoms with Crippen molar-refractivity contribution in [2.75, 3.05) is 33.0 Å². The fraction of sp³-hybridized carbons (Fsp3) is 0.524. The number of benzene rings is 1. The summed E-state index contributed by atoms with van der Waals surface area (Å²) < 4.78 is 19.3. The number of aldehydes is 1. The van der Waals surface area contributed by atoms with Gasteiger partial charge in [-0.05, 0) is 36.6 Å². The lowest BCUT2D eigenvalue weighted by Gasteiger charge is -2.13. The molecule has 0 aliphatic heterocycles. The van der Waals surface area contributed by atoms with Crippen molar-refractivity contribution in [3.05, 3.63) is 35.4 Å². The van der Waals surface area contributed by atoms with Gasteiger partial charge in [-0.3, -0.25) is 0 Å². The van der Waals surface area contributed by atoms with Crippen LogP contribution in [0.4, 0.5) is 0 Å². The van der Waals surface area contributed by atoms with Crippen LogP contribution in [0.15, 0.2) is 24.3 Å². The van der Waals surface area contributed by atoms with E-state index in [1.54, 1.807) is 0 Å². The summed E-state index contributed by atoms with van der Waals surface area (Å²) >= 11 is 0. The lowest BCUT2D eigenvalue weighted by molar-refractivity contribution is -0.152. The van der Waals surface area contributed by atoms with Crippen LogP contribution in [0.3, 0.4) is 0 Å². The van der Waals surface area contributed by atoms with E-state index < -0.39 is 49.9 Å². The first-order valence-corrected chi connectivity index (χ1v) is 9.70. The topological polar surface area (TPSA) is 146 Å². The van der Waals surface area contributed by atoms with Crippen LogP contribution in [-0.4, -0.2) is 79.6 Å². The molecule has 0 aliphatic carbocycles. The molecule has 2 unspecified atom stereocenters. The Morgan fingerprint density at radius 1 is 0.871 bits per heavy atom. The van der Waals surface area contributed by atoms with Gasteiger partial charge in [-0.2, -0.15) is 0 Å². The van der Waals surface area contributed by atoms with Crippen LogP contribution in [0.5, 0.6) is 0 Å². The van der Waals surface area contributed by atoms with Gasteiger partial charge in [0.25, 0.3) is 0 Å². The van der Waals surface area contributed by atoms with E-state index in [1.807, 2.05) is 13.8 Å². The number of ether oxygens (including phenoxy) is 4. The van der Waals surface area contributed by atoms with Gasteiger partial charge in [-0.15, -0.1) is 0 Å². The van der Waals surface area contributed by atoms with E-state index in [1.165, 1.54) is 24.3 Å². The van der Waals surface area contributed by atoms with Gasteiger partial charge < -0.3 is 34.0 Å². The minimum absolute atomic E-state index is 0.119. The Morgan fingerprint density at radius 2 is 1.35 bits per heavy atom. The second kappa shape index (κ2) is 14.2. The van der Waals surface area contributed by atoms with Crippen molar-refractivity contribution in [3.63, 3.8) is 0 Å². The number of carbonyl (C=O) groups is 4. The molecule has 0 amide bonds. The molecule has 0 radical (unpaired) electrons. The maximum absolute atomic E-state index is 12.0. The summed E-state index contributed by atoms with van der Waals surface area (Å²) in [6.07, 6.45) is -0.995. The molecule has 0 saturated heterocycles. The molecule has 1 aromatic carbocycles.